The maximum atomic E-state index is 5.90. The molecule has 3 rings (SSSR count). The van der Waals surface area contributed by atoms with Crippen molar-refractivity contribution in [3.05, 3.63) is 35.6 Å². The van der Waals surface area contributed by atoms with E-state index in [9.17, 15) is 0 Å². The summed E-state index contributed by atoms with van der Waals surface area (Å²) in [6.45, 7) is 3.40. The minimum Gasteiger partial charge on any atom is -0.381 e. The van der Waals surface area contributed by atoms with Crippen LogP contribution in [0.5, 0.6) is 0 Å². The van der Waals surface area contributed by atoms with Crippen LogP contribution in [0.4, 0.5) is 11.5 Å². The molecule has 1 aromatic heterocycles. The van der Waals surface area contributed by atoms with Gasteiger partial charge < -0.3 is 15.4 Å². The molecular formula is C14H15ClN4O. The number of hydrogen-bond donors (Lipinski definition) is 1. The predicted molar refractivity (Wildman–Crippen MR) is 79.9 cm³/mol. The summed E-state index contributed by atoms with van der Waals surface area (Å²) < 4.78 is 5.35. The topological polar surface area (TPSA) is 64.3 Å². The zero-order valence-corrected chi connectivity index (χ0v) is 11.7. The Bertz CT molecular complexity index is 597. The van der Waals surface area contributed by atoms with Gasteiger partial charge in [-0.25, -0.2) is 9.97 Å². The number of benzene rings is 1. The Hall–Kier alpha value is -1.85. The Morgan fingerprint density at radius 1 is 1.15 bits per heavy atom. The number of aromatic nitrogens is 2. The second-order valence-corrected chi connectivity index (χ2v) is 4.94. The summed E-state index contributed by atoms with van der Waals surface area (Å²) in [5.41, 5.74) is 8.44. The average Bonchev–Trinajstić information content (AvgIpc) is 2.51. The maximum Gasteiger partial charge on any atom is 0.171 e. The molecule has 2 heterocycles. The molecular weight excluding hydrogens is 276 g/mol. The summed E-state index contributed by atoms with van der Waals surface area (Å²) in [5, 5.41) is 0.236. The molecule has 0 aliphatic carbocycles. The molecule has 0 unspecified atom stereocenters. The number of ether oxygens (including phenoxy) is 1. The molecule has 0 saturated carbocycles. The standard InChI is InChI=1S/C14H15ClN4O/c15-13-14(16)17-9-12(18-13)10-1-3-11(4-2-10)19-5-7-20-8-6-19/h1-4,9H,5-8H2,(H2,16,17). The molecule has 1 aliphatic heterocycles. The van der Waals surface area contributed by atoms with E-state index in [1.165, 1.54) is 5.69 Å². The lowest BCUT2D eigenvalue weighted by Gasteiger charge is -2.28. The molecule has 20 heavy (non-hydrogen) atoms. The largest absolute Gasteiger partial charge is 0.381 e. The monoisotopic (exact) mass is 290 g/mol. The van der Waals surface area contributed by atoms with Crippen LogP contribution in [0.2, 0.25) is 5.15 Å². The van der Waals surface area contributed by atoms with E-state index in [2.05, 4.69) is 27.0 Å². The smallest absolute Gasteiger partial charge is 0.171 e. The van der Waals surface area contributed by atoms with E-state index in [0.717, 1.165) is 37.6 Å². The highest BCUT2D eigenvalue weighted by atomic mass is 35.5. The second kappa shape index (κ2) is 5.64. The number of nitrogens with two attached hydrogens (primary N) is 1. The van der Waals surface area contributed by atoms with E-state index in [-0.39, 0.29) is 11.0 Å². The lowest BCUT2D eigenvalue weighted by Crippen LogP contribution is -2.36. The maximum absolute atomic E-state index is 5.90. The Morgan fingerprint density at radius 2 is 1.85 bits per heavy atom. The molecule has 1 aliphatic rings. The van der Waals surface area contributed by atoms with Crippen molar-refractivity contribution in [1.29, 1.82) is 0 Å². The Balaban J connectivity index is 1.83. The summed E-state index contributed by atoms with van der Waals surface area (Å²) >= 11 is 5.90. The van der Waals surface area contributed by atoms with Gasteiger partial charge in [0.1, 0.15) is 0 Å². The van der Waals surface area contributed by atoms with Crippen LogP contribution in [0.3, 0.4) is 0 Å². The van der Waals surface area contributed by atoms with Gasteiger partial charge in [0.05, 0.1) is 25.1 Å². The first-order chi connectivity index (χ1) is 9.74. The Kier molecular flexibility index (Phi) is 3.71. The van der Waals surface area contributed by atoms with Crippen molar-refractivity contribution in [2.75, 3.05) is 36.9 Å². The SMILES string of the molecule is Nc1ncc(-c2ccc(N3CCOCC3)cc2)nc1Cl. The third-order valence-corrected chi connectivity index (χ3v) is 3.57. The molecule has 104 valence electrons. The van der Waals surface area contributed by atoms with Crippen LogP contribution >= 0.6 is 11.6 Å². The van der Waals surface area contributed by atoms with E-state index in [1.54, 1.807) is 6.20 Å². The van der Waals surface area contributed by atoms with Crippen LogP contribution in [-0.4, -0.2) is 36.3 Å². The fraction of sp³-hybridized carbons (Fsp3) is 0.286. The summed E-state index contributed by atoms with van der Waals surface area (Å²) in [4.78, 5) is 10.6. The third kappa shape index (κ3) is 2.69. The average molecular weight is 291 g/mol. The first-order valence-electron chi connectivity index (χ1n) is 6.45. The summed E-state index contributed by atoms with van der Waals surface area (Å²) in [7, 11) is 0. The number of hydrogen-bond acceptors (Lipinski definition) is 5. The van der Waals surface area contributed by atoms with Crippen LogP contribution in [0.15, 0.2) is 30.5 Å². The quantitative estimate of drug-likeness (QED) is 0.919. The van der Waals surface area contributed by atoms with E-state index in [4.69, 9.17) is 22.1 Å². The van der Waals surface area contributed by atoms with Crippen molar-refractivity contribution in [2.24, 2.45) is 0 Å². The molecule has 5 nitrogen and oxygen atoms in total. The van der Waals surface area contributed by atoms with Crippen molar-refractivity contribution in [3.8, 4) is 11.3 Å². The van der Waals surface area contributed by atoms with Crippen molar-refractivity contribution >= 4 is 23.1 Å². The fourth-order valence-electron chi connectivity index (χ4n) is 2.18. The first kappa shape index (κ1) is 13.1. The predicted octanol–water partition coefficient (Wildman–Crippen LogP) is 2.22. The summed E-state index contributed by atoms with van der Waals surface area (Å²) in [5.74, 6) is 0.250. The van der Waals surface area contributed by atoms with Gasteiger partial charge in [-0.3, -0.25) is 0 Å². The van der Waals surface area contributed by atoms with E-state index >= 15 is 0 Å². The zero-order valence-electron chi connectivity index (χ0n) is 10.9. The third-order valence-electron chi connectivity index (χ3n) is 3.30. The van der Waals surface area contributed by atoms with E-state index < -0.39 is 0 Å². The van der Waals surface area contributed by atoms with Gasteiger partial charge in [-0.15, -0.1) is 0 Å². The molecule has 0 bridgehead atoms. The van der Waals surface area contributed by atoms with Gasteiger partial charge >= 0.3 is 0 Å². The molecule has 1 aromatic carbocycles. The van der Waals surface area contributed by atoms with Crippen molar-refractivity contribution in [3.63, 3.8) is 0 Å². The van der Waals surface area contributed by atoms with Crippen LogP contribution < -0.4 is 10.6 Å². The molecule has 0 spiro atoms. The minimum atomic E-state index is 0.236. The van der Waals surface area contributed by atoms with Gasteiger partial charge in [-0.2, -0.15) is 0 Å². The molecule has 0 atom stereocenters. The highest BCUT2D eigenvalue weighted by Crippen LogP contribution is 2.24. The van der Waals surface area contributed by atoms with Gasteiger partial charge in [0.25, 0.3) is 0 Å². The number of morpholine rings is 1. The van der Waals surface area contributed by atoms with E-state index in [1.807, 2.05) is 12.1 Å². The molecule has 2 aromatic rings. The van der Waals surface area contributed by atoms with Crippen molar-refractivity contribution < 1.29 is 4.74 Å². The molecule has 6 heteroatoms. The highest BCUT2D eigenvalue weighted by Gasteiger charge is 2.11. The lowest BCUT2D eigenvalue weighted by atomic mass is 10.1. The lowest BCUT2D eigenvalue weighted by molar-refractivity contribution is 0.122. The Labute approximate surface area is 122 Å². The molecule has 1 fully saturated rings. The Morgan fingerprint density at radius 3 is 2.50 bits per heavy atom. The van der Waals surface area contributed by atoms with Crippen LogP contribution in [0.25, 0.3) is 11.3 Å². The van der Waals surface area contributed by atoms with Crippen molar-refractivity contribution in [2.45, 2.75) is 0 Å². The van der Waals surface area contributed by atoms with Crippen molar-refractivity contribution in [1.82, 2.24) is 9.97 Å². The fourth-order valence-corrected chi connectivity index (χ4v) is 2.32. The number of halogens is 1. The van der Waals surface area contributed by atoms with Gasteiger partial charge in [0.15, 0.2) is 11.0 Å². The first-order valence-corrected chi connectivity index (χ1v) is 6.83. The molecule has 0 amide bonds. The second-order valence-electron chi connectivity index (χ2n) is 4.58. The summed E-state index contributed by atoms with van der Waals surface area (Å²) in [6, 6.07) is 8.18. The van der Waals surface area contributed by atoms with Crippen LogP contribution in [-0.2, 0) is 4.74 Å². The number of nitrogens with zero attached hydrogens (tertiary/aromatic N) is 3. The number of rotatable bonds is 2. The number of anilines is 2. The molecule has 0 radical (unpaired) electrons. The number of nitrogen functional groups attached to an aromatic ring is 1. The molecule has 2 N–H and O–H groups in total. The van der Waals surface area contributed by atoms with Crippen LogP contribution in [0, 0.1) is 0 Å². The van der Waals surface area contributed by atoms with E-state index in [0.29, 0.717) is 0 Å². The van der Waals surface area contributed by atoms with Gasteiger partial charge in [-0.1, -0.05) is 23.7 Å². The minimum absolute atomic E-state index is 0.236. The highest BCUT2D eigenvalue weighted by molar-refractivity contribution is 6.31. The molecule has 1 saturated heterocycles. The van der Waals surface area contributed by atoms with Gasteiger partial charge in [0.2, 0.25) is 0 Å². The van der Waals surface area contributed by atoms with Gasteiger partial charge in [-0.05, 0) is 12.1 Å². The normalized spacial score (nSPS) is 15.3. The zero-order chi connectivity index (χ0) is 13.9. The summed E-state index contributed by atoms with van der Waals surface area (Å²) in [6.07, 6.45) is 1.63. The van der Waals surface area contributed by atoms with Crippen LogP contribution in [0.1, 0.15) is 0 Å². The van der Waals surface area contributed by atoms with Gasteiger partial charge in [0, 0.05) is 24.3 Å².